The predicted molar refractivity (Wildman–Crippen MR) is 90.1 cm³/mol. The zero-order valence-corrected chi connectivity index (χ0v) is 13.1. The molecule has 2 amide bonds. The zero-order chi connectivity index (χ0) is 16.2. The summed E-state index contributed by atoms with van der Waals surface area (Å²) in [5.41, 5.74) is 1.57. The summed E-state index contributed by atoms with van der Waals surface area (Å²) >= 11 is 1.39. The second-order valence-corrected chi connectivity index (χ2v) is 5.66. The Hall–Kier alpha value is -2.93. The lowest BCUT2D eigenvalue weighted by atomic mass is 10.2. The first-order chi connectivity index (χ1) is 11.1. The van der Waals surface area contributed by atoms with Crippen LogP contribution in [0.3, 0.4) is 0 Å². The average molecular weight is 326 g/mol. The molecule has 2 N–H and O–H groups in total. The van der Waals surface area contributed by atoms with E-state index in [2.05, 4.69) is 15.6 Å². The molecule has 0 unspecified atom stereocenters. The Morgan fingerprint density at radius 2 is 1.78 bits per heavy atom. The molecule has 1 aromatic carbocycles. The first-order valence-corrected chi connectivity index (χ1v) is 7.77. The first-order valence-electron chi connectivity index (χ1n) is 6.90. The number of nitrogens with one attached hydrogen (secondary N) is 2. The summed E-state index contributed by atoms with van der Waals surface area (Å²) in [6, 6.07) is 10.8. The van der Waals surface area contributed by atoms with E-state index in [1.165, 1.54) is 18.3 Å². The molecular weight excluding hydrogens is 312 g/mol. The van der Waals surface area contributed by atoms with Gasteiger partial charge in [-0.2, -0.15) is 0 Å². The van der Waals surface area contributed by atoms with Gasteiger partial charge in [0.2, 0.25) is 5.91 Å². The molecule has 7 heteroatoms. The number of aromatic nitrogens is 2. The molecule has 0 bridgehead atoms. The quantitative estimate of drug-likeness (QED) is 0.773. The van der Waals surface area contributed by atoms with Crippen molar-refractivity contribution in [1.29, 1.82) is 0 Å². The number of thiazole rings is 1. The smallest absolute Gasteiger partial charge is 0.275 e. The van der Waals surface area contributed by atoms with Crippen LogP contribution in [-0.4, -0.2) is 21.4 Å². The fraction of sp³-hybridized carbons (Fsp3) is 0.0625. The van der Waals surface area contributed by atoms with Crippen LogP contribution in [0, 0.1) is 0 Å². The topological polar surface area (TPSA) is 76.0 Å². The lowest BCUT2D eigenvalue weighted by Gasteiger charge is -2.06. The van der Waals surface area contributed by atoms with E-state index in [-0.39, 0.29) is 11.8 Å². The van der Waals surface area contributed by atoms with Gasteiger partial charge in [-0.15, -0.1) is 11.3 Å². The normalized spacial score (nSPS) is 10.3. The average Bonchev–Trinajstić information content (AvgIpc) is 3.18. The fourth-order valence-electron chi connectivity index (χ4n) is 2.02. The summed E-state index contributed by atoms with van der Waals surface area (Å²) in [6.07, 6.45) is 3.74. The van der Waals surface area contributed by atoms with E-state index in [1.807, 2.05) is 29.1 Å². The van der Waals surface area contributed by atoms with Crippen molar-refractivity contribution in [1.82, 2.24) is 9.55 Å². The maximum absolute atomic E-state index is 12.3. The van der Waals surface area contributed by atoms with Crippen LogP contribution in [0.4, 0.5) is 11.4 Å². The fourth-order valence-corrected chi connectivity index (χ4v) is 2.79. The van der Waals surface area contributed by atoms with Crippen molar-refractivity contribution in [3.8, 4) is 5.13 Å². The van der Waals surface area contributed by atoms with Crippen molar-refractivity contribution >= 4 is 34.5 Å². The van der Waals surface area contributed by atoms with Gasteiger partial charge >= 0.3 is 0 Å². The molecule has 116 valence electrons. The highest BCUT2D eigenvalue weighted by Crippen LogP contribution is 2.18. The van der Waals surface area contributed by atoms with E-state index >= 15 is 0 Å². The van der Waals surface area contributed by atoms with Gasteiger partial charge in [-0.25, -0.2) is 4.98 Å². The van der Waals surface area contributed by atoms with E-state index in [0.29, 0.717) is 17.1 Å². The van der Waals surface area contributed by atoms with Crippen molar-refractivity contribution in [3.63, 3.8) is 0 Å². The van der Waals surface area contributed by atoms with Gasteiger partial charge < -0.3 is 15.2 Å². The summed E-state index contributed by atoms with van der Waals surface area (Å²) < 4.78 is 1.85. The number of carbonyl (C=O) groups is 2. The molecule has 3 aromatic rings. The van der Waals surface area contributed by atoms with Gasteiger partial charge in [0, 0.05) is 36.1 Å². The highest BCUT2D eigenvalue weighted by molar-refractivity contribution is 7.12. The van der Waals surface area contributed by atoms with Crippen LogP contribution in [-0.2, 0) is 4.79 Å². The second-order valence-electron chi connectivity index (χ2n) is 4.82. The largest absolute Gasteiger partial charge is 0.326 e. The number of nitrogens with zero attached hydrogens (tertiary/aromatic N) is 2. The van der Waals surface area contributed by atoms with Crippen molar-refractivity contribution in [2.24, 2.45) is 0 Å². The van der Waals surface area contributed by atoms with Crippen LogP contribution in [0.1, 0.15) is 17.4 Å². The molecule has 2 heterocycles. The van der Waals surface area contributed by atoms with E-state index in [0.717, 1.165) is 5.13 Å². The monoisotopic (exact) mass is 326 g/mol. The summed E-state index contributed by atoms with van der Waals surface area (Å²) in [6.45, 7) is 1.43. The minimum Gasteiger partial charge on any atom is -0.326 e. The minimum atomic E-state index is -0.292. The van der Waals surface area contributed by atoms with Crippen LogP contribution >= 0.6 is 11.3 Å². The van der Waals surface area contributed by atoms with Crippen molar-refractivity contribution in [3.05, 3.63) is 59.9 Å². The lowest BCUT2D eigenvalue weighted by Crippen LogP contribution is -2.13. The zero-order valence-electron chi connectivity index (χ0n) is 12.3. The number of hydrogen-bond donors (Lipinski definition) is 2. The van der Waals surface area contributed by atoms with Gasteiger partial charge in [-0.1, -0.05) is 6.07 Å². The van der Waals surface area contributed by atoms with Crippen LogP contribution < -0.4 is 10.6 Å². The SMILES string of the molecule is CC(=O)Nc1cccc(NC(=O)c2csc(-n3cccc3)n2)c1. The van der Waals surface area contributed by atoms with Crippen molar-refractivity contribution < 1.29 is 9.59 Å². The molecule has 0 aliphatic heterocycles. The maximum Gasteiger partial charge on any atom is 0.275 e. The van der Waals surface area contributed by atoms with Gasteiger partial charge in [-0.05, 0) is 30.3 Å². The molecule has 23 heavy (non-hydrogen) atoms. The molecule has 2 aromatic heterocycles. The molecule has 0 aliphatic rings. The van der Waals surface area contributed by atoms with E-state index < -0.39 is 0 Å². The summed E-state index contributed by atoms with van der Waals surface area (Å²) in [5.74, 6) is -0.455. The standard InChI is InChI=1S/C16H14N4O2S/c1-11(21)17-12-5-4-6-13(9-12)18-15(22)14-10-23-16(19-14)20-7-2-3-8-20/h2-10H,1H3,(H,17,21)(H,18,22). The highest BCUT2D eigenvalue weighted by atomic mass is 32.1. The molecule has 0 saturated carbocycles. The van der Waals surface area contributed by atoms with E-state index in [4.69, 9.17) is 0 Å². The first kappa shape index (κ1) is 15.0. The summed E-state index contributed by atoms with van der Waals surface area (Å²) in [4.78, 5) is 27.7. The Balaban J connectivity index is 1.73. The second kappa shape index (κ2) is 6.45. The minimum absolute atomic E-state index is 0.163. The van der Waals surface area contributed by atoms with E-state index in [9.17, 15) is 9.59 Å². The molecular formula is C16H14N4O2S. The number of hydrogen-bond acceptors (Lipinski definition) is 4. The molecule has 0 aliphatic carbocycles. The number of amides is 2. The Bertz CT molecular complexity index is 839. The Labute approximate surface area is 136 Å². The molecule has 0 saturated heterocycles. The van der Waals surface area contributed by atoms with E-state index in [1.54, 1.807) is 29.6 Å². The predicted octanol–water partition coefficient (Wildman–Crippen LogP) is 3.14. The molecule has 0 atom stereocenters. The van der Waals surface area contributed by atoms with Gasteiger partial charge in [0.15, 0.2) is 5.13 Å². The summed E-state index contributed by atoms with van der Waals surface area (Å²) in [5, 5.41) is 7.89. The third kappa shape index (κ3) is 3.64. The van der Waals surface area contributed by atoms with Gasteiger partial charge in [0.25, 0.3) is 5.91 Å². The number of anilines is 2. The molecule has 3 rings (SSSR count). The Kier molecular flexibility index (Phi) is 4.20. The van der Waals surface area contributed by atoms with Gasteiger partial charge in [-0.3, -0.25) is 9.59 Å². The Morgan fingerprint density at radius 1 is 1.09 bits per heavy atom. The van der Waals surface area contributed by atoms with Gasteiger partial charge in [0.1, 0.15) is 5.69 Å². The molecule has 0 fully saturated rings. The third-order valence-corrected chi connectivity index (χ3v) is 3.84. The van der Waals surface area contributed by atoms with Crippen LogP contribution in [0.15, 0.2) is 54.2 Å². The van der Waals surface area contributed by atoms with Crippen molar-refractivity contribution in [2.45, 2.75) is 6.92 Å². The lowest BCUT2D eigenvalue weighted by molar-refractivity contribution is -0.114. The van der Waals surface area contributed by atoms with Crippen molar-refractivity contribution in [2.75, 3.05) is 10.6 Å². The Morgan fingerprint density at radius 3 is 2.48 bits per heavy atom. The maximum atomic E-state index is 12.3. The molecule has 0 spiro atoms. The van der Waals surface area contributed by atoms with Crippen LogP contribution in [0.5, 0.6) is 0 Å². The van der Waals surface area contributed by atoms with Crippen LogP contribution in [0.2, 0.25) is 0 Å². The number of carbonyl (C=O) groups excluding carboxylic acids is 2. The number of benzene rings is 1. The molecule has 0 radical (unpaired) electrons. The third-order valence-electron chi connectivity index (χ3n) is 2.99. The highest BCUT2D eigenvalue weighted by Gasteiger charge is 2.12. The van der Waals surface area contributed by atoms with Gasteiger partial charge in [0.05, 0.1) is 0 Å². The molecule has 6 nitrogen and oxygen atoms in total. The summed E-state index contributed by atoms with van der Waals surface area (Å²) in [7, 11) is 0. The van der Waals surface area contributed by atoms with Crippen LogP contribution in [0.25, 0.3) is 5.13 Å². The number of rotatable bonds is 4.